The predicted molar refractivity (Wildman–Crippen MR) is 54.1 cm³/mol. The van der Waals surface area contributed by atoms with E-state index >= 15 is 0 Å². The molecule has 0 saturated heterocycles. The van der Waals surface area contributed by atoms with E-state index < -0.39 is 5.72 Å². The quantitative estimate of drug-likeness (QED) is 0.646. The van der Waals surface area contributed by atoms with E-state index in [1.54, 1.807) is 0 Å². The van der Waals surface area contributed by atoms with Crippen molar-refractivity contribution in [3.05, 3.63) is 29.8 Å². The number of benzene rings is 1. The minimum Gasteiger partial charge on any atom is -0.493 e. The predicted octanol–water partition coefficient (Wildman–Crippen LogP) is 0.471. The minimum absolute atomic E-state index is 0.312. The normalized spacial score (nSPS) is 27.9. The van der Waals surface area contributed by atoms with Crippen molar-refractivity contribution >= 4 is 5.96 Å². The Labute approximate surface area is 86.8 Å². The number of nitrogens with one attached hydrogen (secondary N) is 1. The van der Waals surface area contributed by atoms with Gasteiger partial charge in [0.25, 0.3) is 0 Å². The molecule has 1 aromatic rings. The Morgan fingerprint density at radius 2 is 2.27 bits per heavy atom. The van der Waals surface area contributed by atoms with E-state index in [9.17, 15) is 0 Å². The van der Waals surface area contributed by atoms with Gasteiger partial charge in [-0.1, -0.05) is 18.2 Å². The van der Waals surface area contributed by atoms with Crippen molar-refractivity contribution in [2.75, 3.05) is 6.61 Å². The van der Waals surface area contributed by atoms with Gasteiger partial charge in [-0.25, -0.2) is 15.3 Å². The zero-order valence-corrected chi connectivity index (χ0v) is 8.06. The molecule has 0 aromatic heterocycles. The molecule has 0 saturated carbocycles. The summed E-state index contributed by atoms with van der Waals surface area (Å²) < 4.78 is 5.53. The molecule has 3 N–H and O–H groups in total. The maximum absolute atomic E-state index is 5.57. The lowest BCUT2D eigenvalue weighted by atomic mass is 9.97. The number of nitrogens with two attached hydrogens (primary N) is 1. The molecule has 5 nitrogen and oxygen atoms in total. The highest BCUT2D eigenvalue weighted by molar-refractivity contribution is 5.78. The number of fused-ring (bicyclic) bond motifs is 2. The van der Waals surface area contributed by atoms with Crippen LogP contribution in [-0.2, 0) is 10.6 Å². The molecule has 3 rings (SSSR count). The van der Waals surface area contributed by atoms with Crippen molar-refractivity contribution in [2.24, 2.45) is 10.7 Å². The number of para-hydroxylation sites is 1. The largest absolute Gasteiger partial charge is 0.493 e. The highest BCUT2D eigenvalue weighted by Crippen LogP contribution is 2.41. The Kier molecular flexibility index (Phi) is 1.63. The number of hydrogen-bond donors (Lipinski definition) is 2. The van der Waals surface area contributed by atoms with Crippen molar-refractivity contribution in [2.45, 2.75) is 12.1 Å². The standard InChI is InChI=1S/C10H11N3O2/c11-9-12-10(15-13-9)5-6-14-8-4-2-1-3-7(8)10/h1-4H,5-6H2,(H3,11,12,13). The van der Waals surface area contributed by atoms with Gasteiger partial charge in [-0.3, -0.25) is 0 Å². The summed E-state index contributed by atoms with van der Waals surface area (Å²) in [4.78, 5) is 9.76. The first-order valence-corrected chi connectivity index (χ1v) is 4.82. The van der Waals surface area contributed by atoms with Crippen LogP contribution in [0.5, 0.6) is 5.75 Å². The molecule has 0 amide bonds. The van der Waals surface area contributed by atoms with Gasteiger partial charge in [0.1, 0.15) is 5.75 Å². The fraction of sp³-hybridized carbons (Fsp3) is 0.300. The second-order valence-corrected chi connectivity index (χ2v) is 3.58. The molecule has 1 unspecified atom stereocenters. The molecular formula is C10H11N3O2. The van der Waals surface area contributed by atoms with Gasteiger partial charge in [-0.2, -0.15) is 0 Å². The summed E-state index contributed by atoms with van der Waals surface area (Å²) in [6, 6.07) is 7.71. The van der Waals surface area contributed by atoms with Crippen molar-refractivity contribution in [1.29, 1.82) is 0 Å². The lowest BCUT2D eigenvalue weighted by Gasteiger charge is -2.30. The number of hydrogen-bond acceptors (Lipinski definition) is 5. The van der Waals surface area contributed by atoms with Crippen molar-refractivity contribution in [1.82, 2.24) is 5.48 Å². The number of ether oxygens (including phenoxy) is 1. The molecule has 2 aliphatic heterocycles. The lowest BCUT2D eigenvalue weighted by molar-refractivity contribution is -0.0813. The maximum atomic E-state index is 5.57. The molecular weight excluding hydrogens is 194 g/mol. The third-order valence-electron chi connectivity index (χ3n) is 2.63. The topological polar surface area (TPSA) is 68.9 Å². The second-order valence-electron chi connectivity index (χ2n) is 3.58. The van der Waals surface area contributed by atoms with Gasteiger partial charge in [-0.15, -0.1) is 0 Å². The minimum atomic E-state index is -0.696. The number of nitrogens with zero attached hydrogens (tertiary/aromatic N) is 1. The van der Waals surface area contributed by atoms with Gasteiger partial charge < -0.3 is 10.5 Å². The Morgan fingerprint density at radius 3 is 3.07 bits per heavy atom. The summed E-state index contributed by atoms with van der Waals surface area (Å²) in [7, 11) is 0. The lowest BCUT2D eigenvalue weighted by Crippen LogP contribution is -2.33. The van der Waals surface area contributed by atoms with Gasteiger partial charge in [0, 0.05) is 6.42 Å². The number of hydroxylamine groups is 1. The molecule has 15 heavy (non-hydrogen) atoms. The Hall–Kier alpha value is -1.75. The third-order valence-corrected chi connectivity index (χ3v) is 2.63. The summed E-state index contributed by atoms with van der Waals surface area (Å²) in [5.74, 6) is 1.12. The van der Waals surface area contributed by atoms with Crippen LogP contribution in [0.1, 0.15) is 12.0 Å². The molecule has 0 radical (unpaired) electrons. The summed E-state index contributed by atoms with van der Waals surface area (Å²) in [5.41, 5.74) is 8.39. The van der Waals surface area contributed by atoms with Crippen LogP contribution in [-0.4, -0.2) is 12.6 Å². The molecule has 1 atom stereocenters. The van der Waals surface area contributed by atoms with Crippen LogP contribution in [0.3, 0.4) is 0 Å². The molecule has 2 aliphatic rings. The average Bonchev–Trinajstić information content (AvgIpc) is 2.62. The van der Waals surface area contributed by atoms with Gasteiger partial charge in [0.2, 0.25) is 11.7 Å². The summed E-state index contributed by atoms with van der Waals surface area (Å²) in [6.07, 6.45) is 0.664. The molecule has 78 valence electrons. The zero-order valence-electron chi connectivity index (χ0n) is 8.06. The molecule has 1 spiro atoms. The van der Waals surface area contributed by atoms with Crippen molar-refractivity contribution < 1.29 is 9.57 Å². The Bertz CT molecular complexity index is 432. The molecule has 1 aromatic carbocycles. The van der Waals surface area contributed by atoms with Crippen LogP contribution >= 0.6 is 0 Å². The first-order chi connectivity index (χ1) is 7.30. The first-order valence-electron chi connectivity index (χ1n) is 4.82. The van der Waals surface area contributed by atoms with Crippen LogP contribution in [0.2, 0.25) is 0 Å². The fourth-order valence-corrected chi connectivity index (χ4v) is 1.95. The van der Waals surface area contributed by atoms with Crippen molar-refractivity contribution in [3.63, 3.8) is 0 Å². The zero-order chi connectivity index (χ0) is 10.3. The average molecular weight is 205 g/mol. The highest BCUT2D eigenvalue weighted by atomic mass is 16.7. The van der Waals surface area contributed by atoms with E-state index in [1.165, 1.54) is 0 Å². The summed E-state index contributed by atoms with van der Waals surface area (Å²) >= 11 is 0. The van der Waals surface area contributed by atoms with E-state index in [0.717, 1.165) is 11.3 Å². The number of rotatable bonds is 0. The number of aliphatic imine (C=N–C) groups is 1. The van der Waals surface area contributed by atoms with E-state index in [2.05, 4.69) is 10.5 Å². The highest BCUT2D eigenvalue weighted by Gasteiger charge is 2.42. The Balaban J connectivity index is 2.14. The monoisotopic (exact) mass is 205 g/mol. The van der Waals surface area contributed by atoms with E-state index in [4.69, 9.17) is 15.3 Å². The van der Waals surface area contributed by atoms with Gasteiger partial charge in [0.15, 0.2) is 0 Å². The van der Waals surface area contributed by atoms with Crippen LogP contribution in [0, 0.1) is 0 Å². The van der Waals surface area contributed by atoms with Crippen LogP contribution in [0.25, 0.3) is 0 Å². The maximum Gasteiger partial charge on any atom is 0.221 e. The van der Waals surface area contributed by atoms with E-state index in [-0.39, 0.29) is 0 Å². The smallest absolute Gasteiger partial charge is 0.221 e. The number of guanidine groups is 1. The van der Waals surface area contributed by atoms with Crippen molar-refractivity contribution in [3.8, 4) is 5.75 Å². The molecule has 5 heteroatoms. The van der Waals surface area contributed by atoms with E-state index in [1.807, 2.05) is 24.3 Å². The van der Waals surface area contributed by atoms with Gasteiger partial charge >= 0.3 is 0 Å². The summed E-state index contributed by atoms with van der Waals surface area (Å²) in [6.45, 7) is 0.579. The first kappa shape index (κ1) is 8.55. The molecule has 0 fully saturated rings. The molecule has 0 bridgehead atoms. The second kappa shape index (κ2) is 2.87. The SMILES string of the molecule is NC1=NC2(CCOc3ccccc32)ON1. The van der Waals surface area contributed by atoms with Crippen LogP contribution in [0.4, 0.5) is 0 Å². The van der Waals surface area contributed by atoms with Crippen LogP contribution in [0.15, 0.2) is 29.3 Å². The Morgan fingerprint density at radius 1 is 1.40 bits per heavy atom. The summed E-state index contributed by atoms with van der Waals surface area (Å²) in [5, 5.41) is 0. The van der Waals surface area contributed by atoms with E-state index in [0.29, 0.717) is 19.0 Å². The molecule has 0 aliphatic carbocycles. The van der Waals surface area contributed by atoms with Gasteiger partial charge in [-0.05, 0) is 6.07 Å². The third kappa shape index (κ3) is 1.16. The van der Waals surface area contributed by atoms with Crippen LogP contribution < -0.4 is 16.0 Å². The van der Waals surface area contributed by atoms with Gasteiger partial charge in [0.05, 0.1) is 12.2 Å². The molecule has 2 heterocycles. The fourth-order valence-electron chi connectivity index (χ4n) is 1.95.